The SMILES string of the molecule is Cc1ccc(N)cc1C(=O)Nc1ccc(SC(C)(C)C)cc1. The van der Waals surface area contributed by atoms with Crippen molar-refractivity contribution < 1.29 is 4.79 Å². The Balaban J connectivity index is 2.10. The van der Waals surface area contributed by atoms with E-state index in [0.717, 1.165) is 11.3 Å². The Bertz CT molecular complexity index is 672. The Morgan fingerprint density at radius 3 is 2.32 bits per heavy atom. The van der Waals surface area contributed by atoms with Crippen LogP contribution in [0, 0.1) is 6.92 Å². The van der Waals surface area contributed by atoms with Crippen LogP contribution in [0.3, 0.4) is 0 Å². The fraction of sp³-hybridized carbons (Fsp3) is 0.278. The summed E-state index contributed by atoms with van der Waals surface area (Å²) in [7, 11) is 0. The number of carbonyl (C=O) groups is 1. The zero-order chi connectivity index (χ0) is 16.3. The summed E-state index contributed by atoms with van der Waals surface area (Å²) >= 11 is 1.80. The highest BCUT2D eigenvalue weighted by Crippen LogP contribution is 2.32. The molecule has 0 aliphatic carbocycles. The van der Waals surface area contributed by atoms with Gasteiger partial charge in [-0.25, -0.2) is 0 Å². The molecule has 2 aromatic rings. The third-order valence-electron chi connectivity index (χ3n) is 3.04. The normalized spacial score (nSPS) is 11.3. The molecule has 3 nitrogen and oxygen atoms in total. The largest absolute Gasteiger partial charge is 0.399 e. The molecule has 0 aliphatic heterocycles. The summed E-state index contributed by atoms with van der Waals surface area (Å²) in [6, 6.07) is 13.3. The van der Waals surface area contributed by atoms with Crippen molar-refractivity contribution in [3.63, 3.8) is 0 Å². The van der Waals surface area contributed by atoms with Crippen molar-refractivity contribution in [2.75, 3.05) is 11.1 Å². The first-order valence-electron chi connectivity index (χ1n) is 7.21. The summed E-state index contributed by atoms with van der Waals surface area (Å²) in [5, 5.41) is 2.91. The Labute approximate surface area is 136 Å². The second-order valence-electron chi connectivity index (χ2n) is 6.27. The van der Waals surface area contributed by atoms with Gasteiger partial charge in [0.25, 0.3) is 5.91 Å². The summed E-state index contributed by atoms with van der Waals surface area (Å²) < 4.78 is 0.170. The Hall–Kier alpha value is -1.94. The maximum Gasteiger partial charge on any atom is 0.256 e. The zero-order valence-electron chi connectivity index (χ0n) is 13.4. The van der Waals surface area contributed by atoms with E-state index in [1.165, 1.54) is 4.90 Å². The summed E-state index contributed by atoms with van der Waals surface area (Å²) in [5.74, 6) is -0.138. The van der Waals surface area contributed by atoms with Gasteiger partial charge in [-0.05, 0) is 48.9 Å². The lowest BCUT2D eigenvalue weighted by atomic mass is 10.1. The highest BCUT2D eigenvalue weighted by Gasteiger charge is 2.13. The molecule has 22 heavy (non-hydrogen) atoms. The lowest BCUT2D eigenvalue weighted by Gasteiger charge is -2.17. The number of hydrogen-bond acceptors (Lipinski definition) is 3. The quantitative estimate of drug-likeness (QED) is 0.636. The summed E-state index contributed by atoms with van der Waals surface area (Å²) in [4.78, 5) is 13.5. The fourth-order valence-electron chi connectivity index (χ4n) is 2.04. The summed E-state index contributed by atoms with van der Waals surface area (Å²) in [6.45, 7) is 8.43. The highest BCUT2D eigenvalue weighted by molar-refractivity contribution is 8.00. The van der Waals surface area contributed by atoms with Crippen molar-refractivity contribution in [3.8, 4) is 0 Å². The van der Waals surface area contributed by atoms with Gasteiger partial charge >= 0.3 is 0 Å². The van der Waals surface area contributed by atoms with Crippen molar-refractivity contribution in [3.05, 3.63) is 53.6 Å². The minimum atomic E-state index is -0.138. The molecule has 0 spiro atoms. The minimum Gasteiger partial charge on any atom is -0.399 e. The lowest BCUT2D eigenvalue weighted by Crippen LogP contribution is -2.13. The Morgan fingerprint density at radius 2 is 1.73 bits per heavy atom. The van der Waals surface area contributed by atoms with Gasteiger partial charge in [0.2, 0.25) is 0 Å². The van der Waals surface area contributed by atoms with Gasteiger partial charge in [0.1, 0.15) is 0 Å². The first kappa shape index (κ1) is 16.4. The van der Waals surface area contributed by atoms with Crippen LogP contribution in [0.4, 0.5) is 11.4 Å². The minimum absolute atomic E-state index is 0.138. The van der Waals surface area contributed by atoms with E-state index in [2.05, 4.69) is 26.1 Å². The molecule has 1 amide bonds. The van der Waals surface area contributed by atoms with E-state index in [0.29, 0.717) is 11.3 Å². The Kier molecular flexibility index (Phi) is 4.81. The van der Waals surface area contributed by atoms with E-state index in [9.17, 15) is 4.79 Å². The molecule has 0 radical (unpaired) electrons. The van der Waals surface area contributed by atoms with Gasteiger partial charge in [0.15, 0.2) is 0 Å². The summed E-state index contributed by atoms with van der Waals surface area (Å²) in [6.07, 6.45) is 0. The van der Waals surface area contributed by atoms with Gasteiger partial charge in [-0.2, -0.15) is 0 Å². The maximum atomic E-state index is 12.3. The molecular weight excluding hydrogens is 292 g/mol. The molecule has 2 aromatic carbocycles. The van der Waals surface area contributed by atoms with Crippen LogP contribution in [0.25, 0.3) is 0 Å². The predicted octanol–water partition coefficient (Wildman–Crippen LogP) is 4.72. The smallest absolute Gasteiger partial charge is 0.256 e. The number of nitrogens with one attached hydrogen (secondary N) is 1. The second kappa shape index (κ2) is 6.44. The first-order chi connectivity index (χ1) is 10.2. The molecule has 3 N–H and O–H groups in total. The molecule has 0 atom stereocenters. The van der Waals surface area contributed by atoms with Gasteiger partial charge in [0, 0.05) is 26.6 Å². The van der Waals surface area contributed by atoms with Crippen LogP contribution in [0.5, 0.6) is 0 Å². The zero-order valence-corrected chi connectivity index (χ0v) is 14.3. The van der Waals surface area contributed by atoms with Crippen LogP contribution in [0.2, 0.25) is 0 Å². The number of benzene rings is 2. The number of nitrogens with two attached hydrogens (primary N) is 1. The van der Waals surface area contributed by atoms with Crippen molar-refractivity contribution in [1.82, 2.24) is 0 Å². The number of thioether (sulfide) groups is 1. The number of hydrogen-bond donors (Lipinski definition) is 2. The van der Waals surface area contributed by atoms with Gasteiger partial charge in [-0.15, -0.1) is 11.8 Å². The van der Waals surface area contributed by atoms with Gasteiger partial charge < -0.3 is 11.1 Å². The monoisotopic (exact) mass is 314 g/mol. The molecule has 0 saturated carbocycles. The van der Waals surface area contributed by atoms with Gasteiger partial charge in [0.05, 0.1) is 0 Å². The van der Waals surface area contributed by atoms with E-state index < -0.39 is 0 Å². The number of nitrogen functional groups attached to an aromatic ring is 1. The van der Waals surface area contributed by atoms with Crippen LogP contribution < -0.4 is 11.1 Å². The molecule has 0 bridgehead atoms. The predicted molar refractivity (Wildman–Crippen MR) is 95.6 cm³/mol. The summed E-state index contributed by atoms with van der Waals surface area (Å²) in [5.41, 5.74) is 8.64. The van der Waals surface area contributed by atoms with E-state index in [-0.39, 0.29) is 10.7 Å². The van der Waals surface area contributed by atoms with Crippen LogP contribution in [-0.4, -0.2) is 10.7 Å². The number of amides is 1. The molecular formula is C18H22N2OS. The van der Waals surface area contributed by atoms with E-state index in [1.54, 1.807) is 23.9 Å². The third kappa shape index (κ3) is 4.53. The molecule has 0 heterocycles. The second-order valence-corrected chi connectivity index (χ2v) is 8.17. The number of carbonyl (C=O) groups excluding carboxylic acids is 1. The lowest BCUT2D eigenvalue weighted by molar-refractivity contribution is 0.102. The molecule has 0 aliphatic rings. The molecule has 116 valence electrons. The van der Waals surface area contributed by atoms with Gasteiger partial charge in [-0.1, -0.05) is 26.8 Å². The van der Waals surface area contributed by atoms with Crippen LogP contribution >= 0.6 is 11.8 Å². The van der Waals surface area contributed by atoms with Crippen molar-refractivity contribution >= 4 is 29.0 Å². The van der Waals surface area contributed by atoms with Crippen LogP contribution in [-0.2, 0) is 0 Å². The average Bonchev–Trinajstić information content (AvgIpc) is 2.42. The molecule has 4 heteroatoms. The molecule has 0 aromatic heterocycles. The van der Waals surface area contributed by atoms with Gasteiger partial charge in [-0.3, -0.25) is 4.79 Å². The number of aryl methyl sites for hydroxylation is 1. The van der Waals surface area contributed by atoms with E-state index in [1.807, 2.05) is 37.3 Å². The number of rotatable bonds is 3. The average molecular weight is 314 g/mol. The standard InChI is InChI=1S/C18H22N2OS/c1-12-5-6-13(19)11-16(12)17(21)20-14-7-9-15(10-8-14)22-18(2,3)4/h5-11H,19H2,1-4H3,(H,20,21). The van der Waals surface area contributed by atoms with Crippen molar-refractivity contribution in [2.24, 2.45) is 0 Å². The molecule has 2 rings (SSSR count). The van der Waals surface area contributed by atoms with Crippen LogP contribution in [0.1, 0.15) is 36.7 Å². The number of anilines is 2. The third-order valence-corrected chi connectivity index (χ3v) is 4.16. The molecule has 0 fully saturated rings. The fourth-order valence-corrected chi connectivity index (χ4v) is 3.02. The Morgan fingerprint density at radius 1 is 1.09 bits per heavy atom. The first-order valence-corrected chi connectivity index (χ1v) is 8.03. The van der Waals surface area contributed by atoms with Crippen LogP contribution in [0.15, 0.2) is 47.4 Å². The highest BCUT2D eigenvalue weighted by atomic mass is 32.2. The topological polar surface area (TPSA) is 55.1 Å². The molecule has 0 saturated heterocycles. The van der Waals surface area contributed by atoms with Crippen molar-refractivity contribution in [2.45, 2.75) is 37.3 Å². The molecule has 0 unspecified atom stereocenters. The van der Waals surface area contributed by atoms with Crippen molar-refractivity contribution in [1.29, 1.82) is 0 Å². The maximum absolute atomic E-state index is 12.3. The van der Waals surface area contributed by atoms with E-state index >= 15 is 0 Å². The van der Waals surface area contributed by atoms with E-state index in [4.69, 9.17) is 5.73 Å².